The van der Waals surface area contributed by atoms with Crippen molar-refractivity contribution in [2.75, 3.05) is 0 Å². The first-order valence-electron chi connectivity index (χ1n) is 9.38. The maximum atomic E-state index is 13.7. The quantitative estimate of drug-likeness (QED) is 0.662. The van der Waals surface area contributed by atoms with Gasteiger partial charge in [-0.25, -0.2) is 9.37 Å². The van der Waals surface area contributed by atoms with Gasteiger partial charge >= 0.3 is 0 Å². The number of nitrogens with zero attached hydrogens (tertiary/aromatic N) is 3. The molecule has 3 aromatic rings. The highest BCUT2D eigenvalue weighted by atomic mass is 32.1. The van der Waals surface area contributed by atoms with Gasteiger partial charge in [0.05, 0.1) is 22.5 Å². The monoisotopic (exact) mass is 385 g/mol. The third-order valence-electron chi connectivity index (χ3n) is 5.06. The van der Waals surface area contributed by atoms with E-state index in [1.807, 2.05) is 13.8 Å². The van der Waals surface area contributed by atoms with Crippen LogP contribution in [0.4, 0.5) is 4.39 Å². The molecule has 1 unspecified atom stereocenters. The minimum Gasteiger partial charge on any atom is -0.389 e. The highest BCUT2D eigenvalue weighted by Gasteiger charge is 2.23. The molecular formula is C21H24FN3OS. The lowest BCUT2D eigenvalue weighted by atomic mass is 9.98. The van der Waals surface area contributed by atoms with Gasteiger partial charge in [0.15, 0.2) is 0 Å². The van der Waals surface area contributed by atoms with Crippen LogP contribution in [0.2, 0.25) is 0 Å². The molecular weight excluding hydrogens is 361 g/mol. The predicted octanol–water partition coefficient (Wildman–Crippen LogP) is 4.82. The first kappa shape index (κ1) is 18.3. The number of aromatic nitrogens is 3. The Labute approximate surface area is 162 Å². The van der Waals surface area contributed by atoms with Crippen molar-refractivity contribution in [1.82, 2.24) is 14.8 Å². The van der Waals surface area contributed by atoms with Crippen LogP contribution in [0, 0.1) is 25.6 Å². The molecule has 4 rings (SSSR count). The van der Waals surface area contributed by atoms with Crippen molar-refractivity contribution < 1.29 is 9.50 Å². The summed E-state index contributed by atoms with van der Waals surface area (Å²) >= 11 is 1.65. The Hall–Kier alpha value is -2.05. The number of rotatable bonds is 6. The summed E-state index contributed by atoms with van der Waals surface area (Å²) in [7, 11) is 0. The zero-order valence-electron chi connectivity index (χ0n) is 15.9. The summed E-state index contributed by atoms with van der Waals surface area (Å²) in [6.45, 7) is 6.68. The van der Waals surface area contributed by atoms with E-state index < -0.39 is 6.10 Å². The molecule has 4 nitrogen and oxygen atoms in total. The van der Waals surface area contributed by atoms with Gasteiger partial charge in [0.1, 0.15) is 5.82 Å². The summed E-state index contributed by atoms with van der Waals surface area (Å²) in [6.07, 6.45) is 4.74. The van der Waals surface area contributed by atoms with Crippen LogP contribution in [0.5, 0.6) is 0 Å². The summed E-state index contributed by atoms with van der Waals surface area (Å²) < 4.78 is 15.8. The van der Waals surface area contributed by atoms with Gasteiger partial charge in [-0.2, -0.15) is 5.10 Å². The van der Waals surface area contributed by atoms with E-state index in [-0.39, 0.29) is 5.82 Å². The van der Waals surface area contributed by atoms with Crippen LogP contribution in [-0.2, 0) is 13.0 Å². The van der Waals surface area contributed by atoms with Crippen LogP contribution in [0.15, 0.2) is 24.4 Å². The van der Waals surface area contributed by atoms with E-state index in [2.05, 4.69) is 16.0 Å². The second kappa shape index (κ2) is 7.17. The largest absolute Gasteiger partial charge is 0.389 e. The smallest absolute Gasteiger partial charge is 0.123 e. The molecule has 1 aromatic carbocycles. The first-order valence-corrected chi connectivity index (χ1v) is 10.2. The Morgan fingerprint density at radius 2 is 2.11 bits per heavy atom. The number of aliphatic hydroxyl groups excluding tert-OH is 1. The maximum absolute atomic E-state index is 13.7. The summed E-state index contributed by atoms with van der Waals surface area (Å²) in [4.78, 5) is 5.82. The molecule has 0 saturated heterocycles. The van der Waals surface area contributed by atoms with Crippen molar-refractivity contribution in [3.8, 4) is 11.3 Å². The van der Waals surface area contributed by atoms with Crippen LogP contribution >= 0.6 is 11.3 Å². The fourth-order valence-electron chi connectivity index (χ4n) is 3.46. The van der Waals surface area contributed by atoms with Crippen LogP contribution in [-0.4, -0.2) is 19.9 Å². The molecule has 142 valence electrons. The molecule has 0 spiro atoms. The molecule has 27 heavy (non-hydrogen) atoms. The Bertz CT molecular complexity index is 972. The van der Waals surface area contributed by atoms with Crippen LogP contribution < -0.4 is 0 Å². The van der Waals surface area contributed by atoms with E-state index in [4.69, 9.17) is 4.98 Å². The van der Waals surface area contributed by atoms with Gasteiger partial charge < -0.3 is 5.11 Å². The molecule has 0 amide bonds. The van der Waals surface area contributed by atoms with Crippen molar-refractivity contribution in [3.63, 3.8) is 0 Å². The second-order valence-corrected chi connectivity index (χ2v) is 8.78. The Morgan fingerprint density at radius 1 is 1.33 bits per heavy atom. The molecule has 1 fully saturated rings. The Balaban J connectivity index is 1.69. The molecule has 1 aliphatic carbocycles. The van der Waals surface area contributed by atoms with Gasteiger partial charge in [0, 0.05) is 29.6 Å². The Morgan fingerprint density at radius 3 is 2.81 bits per heavy atom. The van der Waals surface area contributed by atoms with E-state index in [9.17, 15) is 9.50 Å². The number of hydrogen-bond donors (Lipinski definition) is 1. The number of hydrogen-bond acceptors (Lipinski definition) is 4. The van der Waals surface area contributed by atoms with Crippen LogP contribution in [0.3, 0.4) is 0 Å². The minimum absolute atomic E-state index is 0.347. The highest BCUT2D eigenvalue weighted by molar-refractivity contribution is 7.12. The molecule has 1 aliphatic rings. The summed E-state index contributed by atoms with van der Waals surface area (Å²) in [5.74, 6) is 0.437. The average molecular weight is 386 g/mol. The van der Waals surface area contributed by atoms with Crippen molar-refractivity contribution in [1.29, 1.82) is 0 Å². The topological polar surface area (TPSA) is 50.9 Å². The molecule has 1 atom stereocenters. The normalized spacial score (nSPS) is 15.3. The fourth-order valence-corrected chi connectivity index (χ4v) is 4.43. The van der Waals surface area contributed by atoms with E-state index >= 15 is 0 Å². The number of aryl methyl sites for hydroxylation is 2. The van der Waals surface area contributed by atoms with E-state index in [1.54, 1.807) is 24.3 Å². The molecule has 1 N–H and O–H groups in total. The van der Waals surface area contributed by atoms with Gasteiger partial charge in [-0.05, 0) is 68.9 Å². The molecule has 2 aromatic heterocycles. The zero-order chi connectivity index (χ0) is 19.1. The first-order chi connectivity index (χ1) is 12.9. The lowest BCUT2D eigenvalue weighted by Gasteiger charge is -2.12. The SMILES string of the molecule is Cc1nc(-c2ccc(F)cc2C(C)O)c(Cc2cn(CC3CC3)nc2C)s1. The van der Waals surface area contributed by atoms with Crippen LogP contribution in [0.1, 0.15) is 52.6 Å². The molecule has 0 radical (unpaired) electrons. The van der Waals surface area contributed by atoms with Crippen LogP contribution in [0.25, 0.3) is 11.3 Å². The lowest BCUT2D eigenvalue weighted by molar-refractivity contribution is 0.199. The summed E-state index contributed by atoms with van der Waals surface area (Å²) in [5.41, 5.74) is 4.45. The lowest BCUT2D eigenvalue weighted by Crippen LogP contribution is -2.00. The van der Waals surface area contributed by atoms with Crippen molar-refractivity contribution in [2.45, 2.75) is 52.7 Å². The minimum atomic E-state index is -0.756. The highest BCUT2D eigenvalue weighted by Crippen LogP contribution is 2.35. The van der Waals surface area contributed by atoms with Gasteiger partial charge in [-0.1, -0.05) is 0 Å². The summed E-state index contributed by atoms with van der Waals surface area (Å²) in [5, 5.41) is 15.7. The Kier molecular flexibility index (Phi) is 4.86. The standard InChI is InChI=1S/C21H24FN3OS/c1-12-16(11-25(24-12)10-15-4-5-15)8-20-21(23-14(3)27-20)18-7-6-17(22)9-19(18)13(2)26/h6-7,9,11,13,15,26H,4-5,8,10H2,1-3H3. The third kappa shape index (κ3) is 3.96. The third-order valence-corrected chi connectivity index (χ3v) is 6.04. The predicted molar refractivity (Wildman–Crippen MR) is 105 cm³/mol. The van der Waals surface area contributed by atoms with E-state index in [0.717, 1.165) is 45.7 Å². The molecule has 0 aliphatic heterocycles. The van der Waals surface area contributed by atoms with Gasteiger partial charge in [-0.15, -0.1) is 11.3 Å². The summed E-state index contributed by atoms with van der Waals surface area (Å²) in [6, 6.07) is 4.55. The number of thiazole rings is 1. The van der Waals surface area contributed by atoms with Crippen molar-refractivity contribution in [3.05, 3.63) is 56.9 Å². The van der Waals surface area contributed by atoms with Crippen molar-refractivity contribution >= 4 is 11.3 Å². The fraction of sp³-hybridized carbons (Fsp3) is 0.429. The number of halogens is 1. The molecule has 2 heterocycles. The van der Waals surface area contributed by atoms with E-state index in [0.29, 0.717) is 5.56 Å². The maximum Gasteiger partial charge on any atom is 0.123 e. The average Bonchev–Trinajstić information content (AvgIpc) is 3.25. The van der Waals surface area contributed by atoms with Gasteiger partial charge in [-0.3, -0.25) is 4.68 Å². The van der Waals surface area contributed by atoms with Crippen molar-refractivity contribution in [2.24, 2.45) is 5.92 Å². The number of aliphatic hydroxyl groups is 1. The van der Waals surface area contributed by atoms with E-state index in [1.165, 1.54) is 30.5 Å². The number of benzene rings is 1. The van der Waals surface area contributed by atoms with Gasteiger partial charge in [0.2, 0.25) is 0 Å². The molecule has 1 saturated carbocycles. The van der Waals surface area contributed by atoms with Gasteiger partial charge in [0.25, 0.3) is 0 Å². The second-order valence-electron chi connectivity index (χ2n) is 7.49. The molecule has 6 heteroatoms. The zero-order valence-corrected chi connectivity index (χ0v) is 16.7. The molecule has 0 bridgehead atoms.